The number of esters is 2. The van der Waals surface area contributed by atoms with Crippen LogP contribution in [0.5, 0.6) is 0 Å². The minimum absolute atomic E-state index is 0.0651. The molecule has 0 aromatic carbocycles. The molecule has 2 heterocycles. The van der Waals surface area contributed by atoms with Crippen LogP contribution in [0.15, 0.2) is 30.6 Å². The van der Waals surface area contributed by atoms with E-state index >= 15 is 0 Å². The fourth-order valence-electron chi connectivity index (χ4n) is 1.83. The summed E-state index contributed by atoms with van der Waals surface area (Å²) in [4.78, 5) is 37.5. The summed E-state index contributed by atoms with van der Waals surface area (Å²) in [5, 5.41) is 11.2. The van der Waals surface area contributed by atoms with E-state index in [9.17, 15) is 19.7 Å². The highest BCUT2D eigenvalue weighted by Crippen LogP contribution is 2.24. The highest BCUT2D eigenvalue weighted by atomic mass is 16.6. The quantitative estimate of drug-likeness (QED) is 0.476. The van der Waals surface area contributed by atoms with E-state index in [4.69, 9.17) is 0 Å². The van der Waals surface area contributed by atoms with Crippen molar-refractivity contribution in [2.45, 2.75) is 0 Å². The minimum atomic E-state index is -0.747. The third kappa shape index (κ3) is 2.64. The second-order valence-electron chi connectivity index (χ2n) is 4.07. The van der Waals surface area contributed by atoms with E-state index in [0.717, 1.165) is 19.4 Å². The lowest BCUT2D eigenvalue weighted by Crippen LogP contribution is -2.12. The van der Waals surface area contributed by atoms with Crippen LogP contribution in [-0.2, 0) is 9.47 Å². The maximum absolute atomic E-state index is 11.7. The lowest BCUT2D eigenvalue weighted by atomic mass is 10.2. The van der Waals surface area contributed by atoms with E-state index in [2.05, 4.69) is 14.5 Å². The molecule has 0 saturated heterocycles. The van der Waals surface area contributed by atoms with Crippen LogP contribution >= 0.6 is 0 Å². The van der Waals surface area contributed by atoms with Crippen LogP contribution in [0.1, 0.15) is 20.8 Å². The third-order valence-electron chi connectivity index (χ3n) is 2.84. The van der Waals surface area contributed by atoms with Crippen LogP contribution in [0.25, 0.3) is 5.82 Å². The Morgan fingerprint density at radius 2 is 1.95 bits per heavy atom. The Labute approximate surface area is 124 Å². The predicted molar refractivity (Wildman–Crippen MR) is 72.9 cm³/mol. The molecule has 9 nitrogen and oxygen atoms in total. The zero-order valence-electron chi connectivity index (χ0n) is 11.7. The van der Waals surface area contributed by atoms with Gasteiger partial charge in [-0.25, -0.2) is 14.6 Å². The number of rotatable bonds is 4. The molecular formula is C13H11N3O6. The number of hydrogen-bond donors (Lipinski definition) is 0. The van der Waals surface area contributed by atoms with Gasteiger partial charge in [-0.15, -0.1) is 0 Å². The molecule has 0 aliphatic carbocycles. The van der Waals surface area contributed by atoms with Crippen LogP contribution in [-0.4, -0.2) is 40.6 Å². The summed E-state index contributed by atoms with van der Waals surface area (Å²) in [5.41, 5.74) is -0.433. The van der Waals surface area contributed by atoms with Gasteiger partial charge in [0.05, 0.1) is 24.7 Å². The molecule has 9 heteroatoms. The molecule has 2 rings (SSSR count). The first-order valence-electron chi connectivity index (χ1n) is 5.98. The molecule has 0 bridgehead atoms. The fourth-order valence-corrected chi connectivity index (χ4v) is 1.83. The molecule has 2 aromatic heterocycles. The molecule has 2 aromatic rings. The Bertz CT molecular complexity index is 752. The third-order valence-corrected chi connectivity index (χ3v) is 2.84. The lowest BCUT2D eigenvalue weighted by molar-refractivity contribution is -0.384. The van der Waals surface area contributed by atoms with Crippen molar-refractivity contribution in [3.05, 3.63) is 52.0 Å². The van der Waals surface area contributed by atoms with Crippen molar-refractivity contribution in [2.24, 2.45) is 0 Å². The maximum atomic E-state index is 11.7. The number of carbonyl (C=O) groups excluding carboxylic acids is 2. The molecule has 22 heavy (non-hydrogen) atoms. The summed E-state index contributed by atoms with van der Waals surface area (Å²) in [6.07, 6.45) is 2.56. The van der Waals surface area contributed by atoms with Gasteiger partial charge in [0.2, 0.25) is 5.82 Å². The average molecular weight is 305 g/mol. The van der Waals surface area contributed by atoms with Crippen LogP contribution in [0.2, 0.25) is 0 Å². The van der Waals surface area contributed by atoms with Crippen LogP contribution in [0, 0.1) is 10.1 Å². The minimum Gasteiger partial charge on any atom is -0.465 e. The van der Waals surface area contributed by atoms with E-state index in [1.165, 1.54) is 30.0 Å². The standard InChI is InChI=1S/C13H11N3O6/c1-21-12(17)8-6-10(16(19)20)11(14-7-8)15-5-3-4-9(15)13(18)22-2/h3-7H,1-2H3. The fraction of sp³-hybridized carbons (Fsp3) is 0.154. The highest BCUT2D eigenvalue weighted by Gasteiger charge is 2.23. The van der Waals surface area contributed by atoms with Crippen molar-refractivity contribution in [1.82, 2.24) is 9.55 Å². The summed E-state index contributed by atoms with van der Waals surface area (Å²) in [7, 11) is 2.35. The number of carbonyl (C=O) groups is 2. The summed E-state index contributed by atoms with van der Waals surface area (Å²) >= 11 is 0. The molecule has 0 atom stereocenters. The number of hydrogen-bond acceptors (Lipinski definition) is 7. The SMILES string of the molecule is COC(=O)c1cnc(-n2cccc2C(=O)OC)c([N+](=O)[O-])c1. The second-order valence-corrected chi connectivity index (χ2v) is 4.07. The van der Waals surface area contributed by atoms with Gasteiger partial charge >= 0.3 is 17.6 Å². The van der Waals surface area contributed by atoms with Gasteiger partial charge in [0.25, 0.3) is 0 Å². The first kappa shape index (κ1) is 15.2. The van der Waals surface area contributed by atoms with Gasteiger partial charge in [-0.1, -0.05) is 0 Å². The smallest absolute Gasteiger partial charge is 0.355 e. The van der Waals surface area contributed by atoms with Gasteiger partial charge in [0.1, 0.15) is 5.69 Å². The molecule has 0 amide bonds. The highest BCUT2D eigenvalue weighted by molar-refractivity contribution is 5.91. The molecule has 0 aliphatic heterocycles. The van der Waals surface area contributed by atoms with E-state index in [-0.39, 0.29) is 17.1 Å². The molecule has 0 saturated carbocycles. The van der Waals surface area contributed by atoms with Crippen molar-refractivity contribution in [3.8, 4) is 5.82 Å². The van der Waals surface area contributed by atoms with E-state index in [1.54, 1.807) is 0 Å². The van der Waals surface area contributed by atoms with Crippen molar-refractivity contribution < 1.29 is 24.0 Å². The van der Waals surface area contributed by atoms with Crippen molar-refractivity contribution in [3.63, 3.8) is 0 Å². The van der Waals surface area contributed by atoms with Crippen molar-refractivity contribution >= 4 is 17.6 Å². The first-order valence-corrected chi connectivity index (χ1v) is 5.98. The van der Waals surface area contributed by atoms with Gasteiger partial charge in [0.15, 0.2) is 0 Å². The first-order chi connectivity index (χ1) is 10.5. The second kappa shape index (κ2) is 6.04. The average Bonchev–Trinajstić information content (AvgIpc) is 3.02. The van der Waals surface area contributed by atoms with Gasteiger partial charge in [-0.2, -0.15) is 0 Å². The molecule has 0 fully saturated rings. The van der Waals surface area contributed by atoms with Crippen molar-refractivity contribution in [2.75, 3.05) is 14.2 Å². The summed E-state index contributed by atoms with van der Waals surface area (Å²) in [6, 6.07) is 3.99. The van der Waals surface area contributed by atoms with Gasteiger partial charge in [0, 0.05) is 18.5 Å². The van der Waals surface area contributed by atoms with E-state index in [0.29, 0.717) is 0 Å². The number of aromatic nitrogens is 2. The molecule has 0 N–H and O–H groups in total. The summed E-state index contributed by atoms with van der Waals surface area (Å²) < 4.78 is 10.3. The number of pyridine rings is 1. The molecule has 114 valence electrons. The number of nitrogens with zero attached hydrogens (tertiary/aromatic N) is 3. The normalized spacial score (nSPS) is 10.1. The zero-order chi connectivity index (χ0) is 16.3. The Balaban J connectivity index is 2.61. The molecule has 0 unspecified atom stereocenters. The van der Waals surface area contributed by atoms with Crippen LogP contribution in [0.3, 0.4) is 0 Å². The zero-order valence-corrected chi connectivity index (χ0v) is 11.7. The van der Waals surface area contributed by atoms with Gasteiger partial charge in [-0.3, -0.25) is 14.7 Å². The van der Waals surface area contributed by atoms with Crippen molar-refractivity contribution in [1.29, 1.82) is 0 Å². The van der Waals surface area contributed by atoms with Crippen LogP contribution in [0.4, 0.5) is 5.69 Å². The van der Waals surface area contributed by atoms with E-state index < -0.39 is 22.5 Å². The van der Waals surface area contributed by atoms with Crippen LogP contribution < -0.4 is 0 Å². The molecule has 0 radical (unpaired) electrons. The summed E-state index contributed by atoms with van der Waals surface area (Å²) in [6.45, 7) is 0. The number of methoxy groups -OCH3 is 2. The monoisotopic (exact) mass is 305 g/mol. The number of nitro groups is 1. The van der Waals surface area contributed by atoms with E-state index in [1.807, 2.05) is 0 Å². The Morgan fingerprint density at radius 3 is 2.55 bits per heavy atom. The molecular weight excluding hydrogens is 294 g/mol. The Kier molecular flexibility index (Phi) is 4.16. The molecule has 0 aliphatic rings. The van der Waals surface area contributed by atoms with Gasteiger partial charge < -0.3 is 9.47 Å². The number of ether oxygens (including phenoxy) is 2. The largest absolute Gasteiger partial charge is 0.465 e. The van der Waals surface area contributed by atoms with Gasteiger partial charge in [-0.05, 0) is 12.1 Å². The maximum Gasteiger partial charge on any atom is 0.355 e. The lowest BCUT2D eigenvalue weighted by Gasteiger charge is -2.08. The summed E-state index contributed by atoms with van der Waals surface area (Å²) in [5.74, 6) is -1.52. The topological polar surface area (TPSA) is 114 Å². The Hall–Kier alpha value is -3.23. The predicted octanol–water partition coefficient (Wildman–Crippen LogP) is 1.35. The Morgan fingerprint density at radius 1 is 1.27 bits per heavy atom. The molecule has 0 spiro atoms.